The molecular weight excluding hydrogens is 291 g/mol. The molecule has 0 fully saturated rings. The van der Waals surface area contributed by atoms with Crippen LogP contribution in [0.5, 0.6) is 5.75 Å². The Hall–Kier alpha value is -0.520. The van der Waals surface area contributed by atoms with Crippen LogP contribution in [-0.2, 0) is 11.3 Å². The molecule has 0 bridgehead atoms. The number of hydrogen-bond acceptors (Lipinski definition) is 4. The molecule has 2 N–H and O–H groups in total. The smallest absolute Gasteiger partial charge is 0.143 e. The van der Waals surface area contributed by atoms with Gasteiger partial charge in [0.2, 0.25) is 0 Å². The van der Waals surface area contributed by atoms with E-state index in [-0.39, 0.29) is 25.9 Å². The first-order chi connectivity index (χ1) is 8.93. The van der Waals surface area contributed by atoms with Gasteiger partial charge >= 0.3 is 0 Å². The summed E-state index contributed by atoms with van der Waals surface area (Å²) in [5.41, 5.74) is 0.481. The topological polar surface area (TPSA) is 58.9 Å². The van der Waals surface area contributed by atoms with Gasteiger partial charge in [0.15, 0.2) is 0 Å². The van der Waals surface area contributed by atoms with Crippen LogP contribution < -0.4 is 4.74 Å². The molecule has 0 aliphatic carbocycles. The molecule has 0 radical (unpaired) electrons. The van der Waals surface area contributed by atoms with Gasteiger partial charge in [0.25, 0.3) is 0 Å². The summed E-state index contributed by atoms with van der Waals surface area (Å²) >= 11 is 11.8. The van der Waals surface area contributed by atoms with Gasteiger partial charge in [-0.2, -0.15) is 0 Å². The molecule has 108 valence electrons. The lowest BCUT2D eigenvalue weighted by molar-refractivity contribution is -0.0125. The highest BCUT2D eigenvalue weighted by molar-refractivity contribution is 6.35. The van der Waals surface area contributed by atoms with Gasteiger partial charge in [-0.1, -0.05) is 23.2 Å². The Morgan fingerprint density at radius 1 is 1.21 bits per heavy atom. The molecule has 0 saturated carbocycles. The summed E-state index contributed by atoms with van der Waals surface area (Å²) in [4.78, 5) is 0. The molecule has 1 aromatic carbocycles. The van der Waals surface area contributed by atoms with E-state index < -0.39 is 6.10 Å². The lowest BCUT2D eigenvalue weighted by atomic mass is 10.2. The Morgan fingerprint density at radius 2 is 1.89 bits per heavy atom. The van der Waals surface area contributed by atoms with Crippen molar-refractivity contribution in [3.63, 3.8) is 0 Å². The lowest BCUT2D eigenvalue weighted by Crippen LogP contribution is -2.25. The maximum atomic E-state index is 9.69. The highest BCUT2D eigenvalue weighted by Crippen LogP contribution is 2.32. The Kier molecular flexibility index (Phi) is 6.89. The molecule has 0 aromatic heterocycles. The van der Waals surface area contributed by atoms with Crippen LogP contribution in [-0.4, -0.2) is 35.6 Å². The molecule has 1 rings (SSSR count). The van der Waals surface area contributed by atoms with E-state index in [2.05, 4.69) is 0 Å². The second-order valence-electron chi connectivity index (χ2n) is 4.38. The van der Waals surface area contributed by atoms with Crippen LogP contribution in [0.25, 0.3) is 0 Å². The molecule has 19 heavy (non-hydrogen) atoms. The number of ether oxygens (including phenoxy) is 2. The first-order valence-corrected chi connectivity index (χ1v) is 6.70. The molecule has 0 aliphatic heterocycles. The first-order valence-electron chi connectivity index (χ1n) is 5.95. The molecule has 0 spiro atoms. The van der Waals surface area contributed by atoms with E-state index in [9.17, 15) is 10.2 Å². The molecule has 1 unspecified atom stereocenters. The molecule has 0 amide bonds. The van der Waals surface area contributed by atoms with E-state index in [0.717, 1.165) is 0 Å². The maximum Gasteiger partial charge on any atom is 0.143 e. The van der Waals surface area contributed by atoms with Crippen LogP contribution in [0.3, 0.4) is 0 Å². The highest BCUT2D eigenvalue weighted by atomic mass is 35.5. The second kappa shape index (κ2) is 7.92. The van der Waals surface area contributed by atoms with Crippen LogP contribution in [0.2, 0.25) is 10.0 Å². The van der Waals surface area contributed by atoms with Crippen LogP contribution in [0.1, 0.15) is 19.4 Å². The van der Waals surface area contributed by atoms with Crippen molar-refractivity contribution in [2.45, 2.75) is 32.7 Å². The summed E-state index contributed by atoms with van der Waals surface area (Å²) in [6, 6.07) is 3.09. The van der Waals surface area contributed by atoms with Gasteiger partial charge in [0.05, 0.1) is 24.3 Å². The zero-order valence-electron chi connectivity index (χ0n) is 10.9. The lowest BCUT2D eigenvalue weighted by Gasteiger charge is -2.17. The standard InChI is InChI=1S/C13H18Cl2O4/c1-8(2)18-6-11(17)7-19-13-9(5-16)3-10(14)4-12(13)15/h3-4,8,11,16-17H,5-7H2,1-2H3. The Bertz CT molecular complexity index is 410. The van der Waals surface area contributed by atoms with E-state index in [1.807, 2.05) is 13.8 Å². The molecule has 6 heteroatoms. The van der Waals surface area contributed by atoms with Crippen LogP contribution in [0, 0.1) is 0 Å². The first kappa shape index (κ1) is 16.5. The Labute approximate surface area is 122 Å². The minimum Gasteiger partial charge on any atom is -0.489 e. The van der Waals surface area contributed by atoms with E-state index in [4.69, 9.17) is 32.7 Å². The molecule has 4 nitrogen and oxygen atoms in total. The van der Waals surface area contributed by atoms with E-state index in [1.54, 1.807) is 6.07 Å². The normalized spacial score (nSPS) is 12.8. The fourth-order valence-corrected chi connectivity index (χ4v) is 2.01. The second-order valence-corrected chi connectivity index (χ2v) is 5.22. The fourth-order valence-electron chi connectivity index (χ4n) is 1.42. The van der Waals surface area contributed by atoms with Gasteiger partial charge in [-0.3, -0.25) is 0 Å². The molecule has 0 aliphatic rings. The average Bonchev–Trinajstić information content (AvgIpc) is 2.34. The highest BCUT2D eigenvalue weighted by Gasteiger charge is 2.13. The Balaban J connectivity index is 2.62. The van der Waals surface area contributed by atoms with Gasteiger partial charge < -0.3 is 19.7 Å². The SMILES string of the molecule is CC(C)OCC(O)COc1c(Cl)cc(Cl)cc1CO. The number of aliphatic hydroxyl groups excluding tert-OH is 2. The third-order valence-electron chi connectivity index (χ3n) is 2.30. The van der Waals surface area contributed by atoms with Crippen molar-refractivity contribution in [2.24, 2.45) is 0 Å². The third-order valence-corrected chi connectivity index (χ3v) is 2.80. The zero-order valence-corrected chi connectivity index (χ0v) is 12.4. The van der Waals surface area contributed by atoms with Crippen molar-refractivity contribution in [2.75, 3.05) is 13.2 Å². The summed E-state index contributed by atoms with van der Waals surface area (Å²) in [6.07, 6.45) is -0.720. The summed E-state index contributed by atoms with van der Waals surface area (Å²) in [6.45, 7) is 3.73. The summed E-state index contributed by atoms with van der Waals surface area (Å²) in [7, 11) is 0. The van der Waals surface area contributed by atoms with Crippen molar-refractivity contribution in [3.05, 3.63) is 27.7 Å². The van der Waals surface area contributed by atoms with Crippen molar-refractivity contribution in [3.8, 4) is 5.75 Å². The predicted octanol–water partition coefficient (Wildman–Crippen LogP) is 2.65. The van der Waals surface area contributed by atoms with E-state index in [1.165, 1.54) is 6.07 Å². The van der Waals surface area contributed by atoms with Crippen molar-refractivity contribution in [1.82, 2.24) is 0 Å². The average molecular weight is 309 g/mol. The number of halogens is 2. The van der Waals surface area contributed by atoms with Gasteiger partial charge in [-0.25, -0.2) is 0 Å². The molecular formula is C13H18Cl2O4. The van der Waals surface area contributed by atoms with E-state index >= 15 is 0 Å². The minimum absolute atomic E-state index is 0.0288. The van der Waals surface area contributed by atoms with Crippen molar-refractivity contribution >= 4 is 23.2 Å². The number of aliphatic hydroxyl groups is 2. The summed E-state index contributed by atoms with van der Waals surface area (Å²) < 4.78 is 10.7. The number of rotatable bonds is 7. The van der Waals surface area contributed by atoms with Gasteiger partial charge in [0.1, 0.15) is 18.5 Å². The zero-order chi connectivity index (χ0) is 14.4. The van der Waals surface area contributed by atoms with Gasteiger partial charge in [-0.15, -0.1) is 0 Å². The number of benzene rings is 1. The quantitative estimate of drug-likeness (QED) is 0.813. The third kappa shape index (κ3) is 5.55. The summed E-state index contributed by atoms with van der Waals surface area (Å²) in [5.74, 6) is 0.331. The van der Waals surface area contributed by atoms with Gasteiger partial charge in [0, 0.05) is 10.6 Å². The summed E-state index contributed by atoms with van der Waals surface area (Å²) in [5, 5.41) is 19.6. The largest absolute Gasteiger partial charge is 0.489 e. The maximum absolute atomic E-state index is 9.69. The molecule has 0 heterocycles. The van der Waals surface area contributed by atoms with Crippen molar-refractivity contribution in [1.29, 1.82) is 0 Å². The van der Waals surface area contributed by atoms with Crippen LogP contribution >= 0.6 is 23.2 Å². The molecule has 0 saturated heterocycles. The predicted molar refractivity (Wildman–Crippen MR) is 75.0 cm³/mol. The molecule has 1 aromatic rings. The minimum atomic E-state index is -0.763. The molecule has 1 atom stereocenters. The van der Waals surface area contributed by atoms with E-state index in [0.29, 0.717) is 21.4 Å². The fraction of sp³-hybridized carbons (Fsp3) is 0.538. The van der Waals surface area contributed by atoms with Crippen LogP contribution in [0.4, 0.5) is 0 Å². The number of hydrogen-bond donors (Lipinski definition) is 2. The van der Waals surface area contributed by atoms with Crippen molar-refractivity contribution < 1.29 is 19.7 Å². The van der Waals surface area contributed by atoms with Crippen LogP contribution in [0.15, 0.2) is 12.1 Å². The van der Waals surface area contributed by atoms with Gasteiger partial charge in [-0.05, 0) is 26.0 Å². The Morgan fingerprint density at radius 3 is 2.47 bits per heavy atom. The monoisotopic (exact) mass is 308 g/mol.